The number of rotatable bonds is 4. The SMILES string of the molecule is O=[C](O)[Ge]([c]1ccccc1)([c]1ccccc1)[c]1ccccc1. The predicted molar refractivity (Wildman–Crippen MR) is 92.0 cm³/mol. The molecule has 0 unspecified atom stereocenters. The molecule has 0 aliphatic carbocycles. The van der Waals surface area contributed by atoms with E-state index in [0.29, 0.717) is 0 Å². The number of benzene rings is 3. The first-order chi connectivity index (χ1) is 10.8. The van der Waals surface area contributed by atoms with E-state index in [1.165, 1.54) is 0 Å². The molecule has 0 saturated carbocycles. The van der Waals surface area contributed by atoms with Crippen LogP contribution < -0.4 is 13.2 Å². The van der Waals surface area contributed by atoms with Gasteiger partial charge in [0.15, 0.2) is 0 Å². The average Bonchev–Trinajstić information content (AvgIpc) is 2.58. The summed E-state index contributed by atoms with van der Waals surface area (Å²) in [5.74, 6) is 0. The van der Waals surface area contributed by atoms with Gasteiger partial charge in [0, 0.05) is 0 Å². The predicted octanol–water partition coefficient (Wildman–Crippen LogP) is 2.42. The van der Waals surface area contributed by atoms with Crippen molar-refractivity contribution in [2.75, 3.05) is 0 Å². The van der Waals surface area contributed by atoms with Gasteiger partial charge in [-0.05, 0) is 0 Å². The fourth-order valence-electron chi connectivity index (χ4n) is 2.93. The summed E-state index contributed by atoms with van der Waals surface area (Å²) in [7, 11) is 0. The van der Waals surface area contributed by atoms with Crippen LogP contribution in [0, 0.1) is 0 Å². The van der Waals surface area contributed by atoms with Crippen LogP contribution in [0.3, 0.4) is 0 Å². The normalized spacial score (nSPS) is 11.1. The molecule has 0 aliphatic rings. The molecule has 0 aliphatic heterocycles. The van der Waals surface area contributed by atoms with Crippen LogP contribution in [-0.4, -0.2) is 23.2 Å². The van der Waals surface area contributed by atoms with Crippen LogP contribution in [-0.2, 0) is 0 Å². The zero-order valence-corrected chi connectivity index (χ0v) is 14.1. The first kappa shape index (κ1) is 14.6. The second-order valence-corrected chi connectivity index (χ2v) is 12.8. The van der Waals surface area contributed by atoms with Gasteiger partial charge in [0.25, 0.3) is 0 Å². The molecule has 2 nitrogen and oxygen atoms in total. The van der Waals surface area contributed by atoms with Gasteiger partial charge in [0.1, 0.15) is 0 Å². The van der Waals surface area contributed by atoms with E-state index < -0.39 is 18.1 Å². The molecular weight excluding hydrogens is 333 g/mol. The Hall–Kier alpha value is -2.33. The third-order valence-corrected chi connectivity index (χ3v) is 12.8. The van der Waals surface area contributed by atoms with Gasteiger partial charge < -0.3 is 0 Å². The number of hydrogen-bond donors (Lipinski definition) is 1. The second-order valence-electron chi connectivity index (χ2n) is 5.15. The van der Waals surface area contributed by atoms with E-state index in [0.717, 1.165) is 13.2 Å². The Balaban J connectivity index is 2.37. The summed E-state index contributed by atoms with van der Waals surface area (Å²) in [6.45, 7) is 0. The zero-order valence-electron chi connectivity index (χ0n) is 12.0. The van der Waals surface area contributed by atoms with Gasteiger partial charge in [-0.15, -0.1) is 0 Å². The van der Waals surface area contributed by atoms with Crippen LogP contribution in [0.15, 0.2) is 91.0 Å². The fraction of sp³-hybridized carbons (Fsp3) is 0. The Morgan fingerprint density at radius 2 is 0.864 bits per heavy atom. The molecule has 0 aromatic heterocycles. The topological polar surface area (TPSA) is 37.3 Å². The van der Waals surface area contributed by atoms with Gasteiger partial charge in [-0.1, -0.05) is 0 Å². The Morgan fingerprint density at radius 3 is 1.09 bits per heavy atom. The molecule has 0 heterocycles. The molecule has 108 valence electrons. The van der Waals surface area contributed by atoms with Gasteiger partial charge >= 0.3 is 132 Å². The van der Waals surface area contributed by atoms with Gasteiger partial charge in [-0.2, -0.15) is 0 Å². The van der Waals surface area contributed by atoms with Crippen LogP contribution in [0.25, 0.3) is 0 Å². The molecule has 0 radical (unpaired) electrons. The minimum absolute atomic E-state index is 0.691. The Morgan fingerprint density at radius 1 is 0.591 bits per heavy atom. The maximum atomic E-state index is 12.5. The third-order valence-electron chi connectivity index (χ3n) is 3.94. The van der Waals surface area contributed by atoms with Crippen LogP contribution in [0.5, 0.6) is 0 Å². The molecule has 22 heavy (non-hydrogen) atoms. The first-order valence-electron chi connectivity index (χ1n) is 7.16. The molecule has 1 N–H and O–H groups in total. The molecular formula is C19H16GeO2. The van der Waals surface area contributed by atoms with Crippen molar-refractivity contribution in [3.63, 3.8) is 0 Å². The van der Waals surface area contributed by atoms with Gasteiger partial charge in [0.05, 0.1) is 0 Å². The Bertz CT molecular complexity index is 659. The number of hydrogen-bond acceptors (Lipinski definition) is 1. The molecule has 0 fully saturated rings. The molecule has 0 spiro atoms. The van der Waals surface area contributed by atoms with Crippen molar-refractivity contribution in [3.05, 3.63) is 91.0 Å². The van der Waals surface area contributed by atoms with E-state index >= 15 is 0 Å². The van der Waals surface area contributed by atoms with Gasteiger partial charge in [-0.3, -0.25) is 0 Å². The van der Waals surface area contributed by atoms with Crippen molar-refractivity contribution < 1.29 is 9.90 Å². The quantitative estimate of drug-likeness (QED) is 0.735. The van der Waals surface area contributed by atoms with Gasteiger partial charge in [-0.25, -0.2) is 0 Å². The number of carboxylic acid groups (broad SMARTS) is 1. The molecule has 0 saturated heterocycles. The van der Waals surface area contributed by atoms with Crippen LogP contribution >= 0.6 is 0 Å². The van der Waals surface area contributed by atoms with Crippen LogP contribution in [0.4, 0.5) is 4.79 Å². The van der Waals surface area contributed by atoms with Crippen molar-refractivity contribution in [2.24, 2.45) is 0 Å². The molecule has 3 rings (SSSR count). The second kappa shape index (κ2) is 6.20. The van der Waals surface area contributed by atoms with Crippen molar-refractivity contribution in [1.29, 1.82) is 0 Å². The van der Waals surface area contributed by atoms with Gasteiger partial charge in [0.2, 0.25) is 0 Å². The standard InChI is InChI=1S/C19H16GeO2/c21-19(22)20(16-10-4-1-5-11-16,17-12-6-2-7-13-17)18-14-8-3-9-15-18/h1-15H,(H,21,22). The summed E-state index contributed by atoms with van der Waals surface area (Å²) in [5.41, 5.74) is 0. The summed E-state index contributed by atoms with van der Waals surface area (Å²) < 4.78 is 2.81. The summed E-state index contributed by atoms with van der Waals surface area (Å²) >= 11 is -3.74. The van der Waals surface area contributed by atoms with Crippen molar-refractivity contribution in [3.8, 4) is 0 Å². The maximum absolute atomic E-state index is 12.5. The number of carbonyl (C=O) groups is 1. The summed E-state index contributed by atoms with van der Waals surface area (Å²) in [5, 5.41) is 10.3. The van der Waals surface area contributed by atoms with E-state index in [4.69, 9.17) is 0 Å². The zero-order chi connectivity index (χ0) is 15.4. The summed E-state index contributed by atoms with van der Waals surface area (Å²) in [4.78, 5) is 11.8. The van der Waals surface area contributed by atoms with Crippen LogP contribution in [0.1, 0.15) is 0 Å². The fourth-order valence-corrected chi connectivity index (χ4v) is 10.9. The van der Waals surface area contributed by atoms with E-state index in [2.05, 4.69) is 0 Å². The van der Waals surface area contributed by atoms with E-state index in [1.54, 1.807) is 0 Å². The first-order valence-corrected chi connectivity index (χ1v) is 11.4. The summed E-state index contributed by atoms with van der Waals surface area (Å²) in [6, 6.07) is 29.0. The molecule has 0 bridgehead atoms. The van der Waals surface area contributed by atoms with Crippen molar-refractivity contribution >= 4 is 31.3 Å². The molecule has 3 aromatic rings. The van der Waals surface area contributed by atoms with Crippen molar-refractivity contribution in [1.82, 2.24) is 0 Å². The molecule has 3 aromatic carbocycles. The Kier molecular flexibility index (Phi) is 4.11. The average molecular weight is 349 g/mol. The summed E-state index contributed by atoms with van der Waals surface area (Å²) in [6.07, 6.45) is 0. The monoisotopic (exact) mass is 350 g/mol. The molecule has 3 heteroatoms. The third kappa shape index (κ3) is 2.36. The molecule has 0 atom stereocenters. The van der Waals surface area contributed by atoms with E-state index in [1.807, 2.05) is 91.0 Å². The Labute approximate surface area is 132 Å². The molecule has 0 amide bonds. The minimum atomic E-state index is -3.74. The van der Waals surface area contributed by atoms with Crippen molar-refractivity contribution in [2.45, 2.75) is 0 Å². The van der Waals surface area contributed by atoms with E-state index in [9.17, 15) is 9.90 Å². The van der Waals surface area contributed by atoms with Crippen LogP contribution in [0.2, 0.25) is 0 Å². The van der Waals surface area contributed by atoms with E-state index in [-0.39, 0.29) is 0 Å².